The third-order valence-corrected chi connectivity index (χ3v) is 3.82. The van der Waals surface area contributed by atoms with Gasteiger partial charge in [0.25, 0.3) is 0 Å². The SMILES string of the molecule is NC(=O)CCS(=O)(=O)CC1CNC1. The molecule has 1 amide bonds. The van der Waals surface area contributed by atoms with Crippen molar-refractivity contribution in [1.82, 2.24) is 5.32 Å². The van der Waals surface area contributed by atoms with Gasteiger partial charge < -0.3 is 11.1 Å². The standard InChI is InChI=1S/C7H14N2O3S/c8-7(10)1-2-13(11,12)5-6-3-9-4-6/h6,9H,1-5H2,(H2,8,10). The molecule has 1 fully saturated rings. The van der Waals surface area contributed by atoms with Crippen molar-refractivity contribution in [3.63, 3.8) is 0 Å². The lowest BCUT2D eigenvalue weighted by Crippen LogP contribution is -2.46. The van der Waals surface area contributed by atoms with Gasteiger partial charge in [0, 0.05) is 19.5 Å². The van der Waals surface area contributed by atoms with Gasteiger partial charge in [0.1, 0.15) is 0 Å². The molecule has 0 aromatic heterocycles. The Labute approximate surface area is 77.6 Å². The van der Waals surface area contributed by atoms with E-state index < -0.39 is 15.7 Å². The van der Waals surface area contributed by atoms with Crippen molar-refractivity contribution in [3.8, 4) is 0 Å². The molecule has 6 heteroatoms. The fourth-order valence-electron chi connectivity index (χ4n) is 1.16. The molecule has 1 aliphatic rings. The molecule has 0 aliphatic carbocycles. The Kier molecular flexibility index (Phi) is 3.27. The summed E-state index contributed by atoms with van der Waals surface area (Å²) >= 11 is 0. The molecule has 1 heterocycles. The van der Waals surface area contributed by atoms with E-state index >= 15 is 0 Å². The Morgan fingerprint density at radius 2 is 2.08 bits per heavy atom. The van der Waals surface area contributed by atoms with Crippen LogP contribution < -0.4 is 11.1 Å². The van der Waals surface area contributed by atoms with Gasteiger partial charge in [-0.15, -0.1) is 0 Å². The molecule has 0 atom stereocenters. The van der Waals surface area contributed by atoms with Crippen molar-refractivity contribution in [3.05, 3.63) is 0 Å². The first-order valence-corrected chi connectivity index (χ1v) is 6.01. The summed E-state index contributed by atoms with van der Waals surface area (Å²) in [6.45, 7) is 1.52. The molecule has 1 aliphatic heterocycles. The van der Waals surface area contributed by atoms with Crippen LogP contribution in [0.5, 0.6) is 0 Å². The van der Waals surface area contributed by atoms with Crippen LogP contribution in [-0.4, -0.2) is 38.9 Å². The minimum Gasteiger partial charge on any atom is -0.370 e. The van der Waals surface area contributed by atoms with Crippen LogP contribution in [0.1, 0.15) is 6.42 Å². The molecule has 5 nitrogen and oxygen atoms in total. The molecule has 76 valence electrons. The number of hydrogen-bond donors (Lipinski definition) is 2. The van der Waals surface area contributed by atoms with Gasteiger partial charge in [-0.2, -0.15) is 0 Å². The third kappa shape index (κ3) is 3.73. The quantitative estimate of drug-likeness (QED) is 0.572. The Morgan fingerprint density at radius 1 is 1.46 bits per heavy atom. The number of nitrogens with one attached hydrogen (secondary N) is 1. The Morgan fingerprint density at radius 3 is 2.46 bits per heavy atom. The Balaban J connectivity index is 2.32. The number of hydrogen-bond acceptors (Lipinski definition) is 4. The highest BCUT2D eigenvalue weighted by atomic mass is 32.2. The molecular formula is C7H14N2O3S. The van der Waals surface area contributed by atoms with E-state index in [2.05, 4.69) is 5.32 Å². The van der Waals surface area contributed by atoms with E-state index in [1.807, 2.05) is 0 Å². The largest absolute Gasteiger partial charge is 0.370 e. The van der Waals surface area contributed by atoms with Crippen LogP contribution in [-0.2, 0) is 14.6 Å². The van der Waals surface area contributed by atoms with Crippen molar-refractivity contribution in [2.45, 2.75) is 6.42 Å². The second-order valence-corrected chi connectivity index (χ2v) is 5.58. The van der Waals surface area contributed by atoms with Crippen LogP contribution in [0.3, 0.4) is 0 Å². The van der Waals surface area contributed by atoms with Crippen molar-refractivity contribution in [2.75, 3.05) is 24.6 Å². The average molecular weight is 206 g/mol. The zero-order valence-electron chi connectivity index (χ0n) is 7.32. The summed E-state index contributed by atoms with van der Waals surface area (Å²) < 4.78 is 22.6. The first-order chi connectivity index (χ1) is 5.99. The predicted molar refractivity (Wildman–Crippen MR) is 48.8 cm³/mol. The van der Waals surface area contributed by atoms with Gasteiger partial charge in [-0.05, 0) is 5.92 Å². The van der Waals surface area contributed by atoms with Crippen LogP contribution in [0.25, 0.3) is 0 Å². The van der Waals surface area contributed by atoms with Gasteiger partial charge in [-0.1, -0.05) is 0 Å². The lowest BCUT2D eigenvalue weighted by molar-refractivity contribution is -0.117. The zero-order valence-corrected chi connectivity index (χ0v) is 8.14. The monoisotopic (exact) mass is 206 g/mol. The molecule has 0 unspecified atom stereocenters. The second kappa shape index (κ2) is 4.06. The highest BCUT2D eigenvalue weighted by molar-refractivity contribution is 7.91. The summed E-state index contributed by atoms with van der Waals surface area (Å²) in [5, 5.41) is 2.99. The summed E-state index contributed by atoms with van der Waals surface area (Å²) in [7, 11) is -3.08. The van der Waals surface area contributed by atoms with E-state index in [4.69, 9.17) is 5.73 Å². The maximum Gasteiger partial charge on any atom is 0.218 e. The number of carbonyl (C=O) groups excluding carboxylic acids is 1. The molecule has 0 aromatic rings. The van der Waals surface area contributed by atoms with Gasteiger partial charge >= 0.3 is 0 Å². The summed E-state index contributed by atoms with van der Waals surface area (Å²) in [5.41, 5.74) is 4.86. The summed E-state index contributed by atoms with van der Waals surface area (Å²) in [4.78, 5) is 10.4. The maximum absolute atomic E-state index is 11.3. The first kappa shape index (κ1) is 10.5. The molecule has 13 heavy (non-hydrogen) atoms. The predicted octanol–water partition coefficient (Wildman–Crippen LogP) is -1.50. The zero-order chi connectivity index (χ0) is 9.90. The smallest absolute Gasteiger partial charge is 0.218 e. The molecule has 0 aromatic carbocycles. The lowest BCUT2D eigenvalue weighted by atomic mass is 10.1. The van der Waals surface area contributed by atoms with Crippen LogP contribution in [0.4, 0.5) is 0 Å². The van der Waals surface area contributed by atoms with Gasteiger partial charge in [0.05, 0.1) is 11.5 Å². The lowest BCUT2D eigenvalue weighted by Gasteiger charge is -2.26. The number of rotatable bonds is 5. The van der Waals surface area contributed by atoms with Crippen molar-refractivity contribution >= 4 is 15.7 Å². The molecule has 1 saturated heterocycles. The van der Waals surface area contributed by atoms with Crippen molar-refractivity contribution in [2.24, 2.45) is 11.7 Å². The molecule has 0 radical (unpaired) electrons. The minimum atomic E-state index is -3.08. The maximum atomic E-state index is 11.3. The second-order valence-electron chi connectivity index (χ2n) is 3.35. The fraction of sp³-hybridized carbons (Fsp3) is 0.857. The third-order valence-electron chi connectivity index (χ3n) is 2.02. The highest BCUT2D eigenvalue weighted by Gasteiger charge is 2.24. The highest BCUT2D eigenvalue weighted by Crippen LogP contribution is 2.08. The van der Waals surface area contributed by atoms with Crippen LogP contribution in [0.2, 0.25) is 0 Å². The molecule has 0 spiro atoms. The molecule has 1 rings (SSSR count). The van der Waals surface area contributed by atoms with Gasteiger partial charge in [0.15, 0.2) is 9.84 Å². The molecule has 0 bridgehead atoms. The molecule has 0 saturated carbocycles. The van der Waals surface area contributed by atoms with Crippen LogP contribution in [0, 0.1) is 5.92 Å². The Hall–Kier alpha value is -0.620. The number of sulfone groups is 1. The van der Waals surface area contributed by atoms with Gasteiger partial charge in [-0.25, -0.2) is 8.42 Å². The minimum absolute atomic E-state index is 0.0670. The number of carbonyl (C=O) groups is 1. The van der Waals surface area contributed by atoms with Crippen LogP contribution in [0.15, 0.2) is 0 Å². The normalized spacial score (nSPS) is 18.2. The number of primary amides is 1. The molecule has 3 N–H and O–H groups in total. The fourth-order valence-corrected chi connectivity index (χ4v) is 2.80. The summed E-state index contributed by atoms with van der Waals surface area (Å²) in [6.07, 6.45) is -0.0670. The van der Waals surface area contributed by atoms with E-state index in [9.17, 15) is 13.2 Å². The van der Waals surface area contributed by atoms with E-state index in [0.717, 1.165) is 13.1 Å². The van der Waals surface area contributed by atoms with E-state index in [-0.39, 0.29) is 23.8 Å². The first-order valence-electron chi connectivity index (χ1n) is 4.19. The van der Waals surface area contributed by atoms with E-state index in [0.29, 0.717) is 0 Å². The number of amides is 1. The van der Waals surface area contributed by atoms with Gasteiger partial charge in [-0.3, -0.25) is 4.79 Å². The molecular weight excluding hydrogens is 192 g/mol. The van der Waals surface area contributed by atoms with Crippen molar-refractivity contribution < 1.29 is 13.2 Å². The average Bonchev–Trinajstić information content (AvgIpc) is 1.94. The van der Waals surface area contributed by atoms with E-state index in [1.165, 1.54) is 0 Å². The summed E-state index contributed by atoms with van der Waals surface area (Å²) in [6, 6.07) is 0. The topological polar surface area (TPSA) is 89.3 Å². The summed E-state index contributed by atoms with van der Waals surface area (Å²) in [5.74, 6) is -0.278. The van der Waals surface area contributed by atoms with Crippen LogP contribution >= 0.6 is 0 Å². The Bertz CT molecular complexity index is 282. The number of nitrogens with two attached hydrogens (primary N) is 1. The van der Waals surface area contributed by atoms with E-state index in [1.54, 1.807) is 0 Å². The van der Waals surface area contributed by atoms with Crippen molar-refractivity contribution in [1.29, 1.82) is 0 Å². The van der Waals surface area contributed by atoms with Gasteiger partial charge in [0.2, 0.25) is 5.91 Å².